The van der Waals surface area contributed by atoms with Crippen molar-refractivity contribution in [2.75, 3.05) is 0 Å². The quantitative estimate of drug-likeness (QED) is 0.817. The molecular formula is C13H14O2. The van der Waals surface area contributed by atoms with Gasteiger partial charge in [-0.3, -0.25) is 4.79 Å². The molecule has 78 valence electrons. The van der Waals surface area contributed by atoms with E-state index < -0.39 is 5.97 Å². The highest BCUT2D eigenvalue weighted by Crippen LogP contribution is 2.64. The first-order chi connectivity index (χ1) is 7.24. The van der Waals surface area contributed by atoms with Crippen LogP contribution in [0, 0.1) is 11.8 Å². The largest absolute Gasteiger partial charge is 0.481 e. The number of carboxylic acids is 1. The van der Waals surface area contributed by atoms with E-state index in [4.69, 9.17) is 5.11 Å². The van der Waals surface area contributed by atoms with Crippen molar-refractivity contribution in [1.82, 2.24) is 0 Å². The Bertz CT molecular complexity index is 392. The molecule has 2 nitrogen and oxygen atoms in total. The summed E-state index contributed by atoms with van der Waals surface area (Å²) >= 11 is 0. The van der Waals surface area contributed by atoms with Crippen molar-refractivity contribution in [3.63, 3.8) is 0 Å². The number of aliphatic carboxylic acids is 1. The minimum Gasteiger partial charge on any atom is -0.481 e. The Hall–Kier alpha value is -1.31. The van der Waals surface area contributed by atoms with Crippen LogP contribution in [0.4, 0.5) is 0 Å². The van der Waals surface area contributed by atoms with E-state index in [9.17, 15) is 4.79 Å². The van der Waals surface area contributed by atoms with Gasteiger partial charge >= 0.3 is 5.97 Å². The summed E-state index contributed by atoms with van der Waals surface area (Å²) in [6.45, 7) is 0. The first-order valence-corrected chi connectivity index (χ1v) is 5.52. The van der Waals surface area contributed by atoms with Gasteiger partial charge < -0.3 is 5.11 Å². The van der Waals surface area contributed by atoms with Gasteiger partial charge in [-0.15, -0.1) is 0 Å². The van der Waals surface area contributed by atoms with E-state index in [-0.39, 0.29) is 11.3 Å². The summed E-state index contributed by atoms with van der Waals surface area (Å²) < 4.78 is 0. The van der Waals surface area contributed by atoms with E-state index in [2.05, 4.69) is 12.1 Å². The summed E-state index contributed by atoms with van der Waals surface area (Å²) in [5.74, 6) is -0.285. The van der Waals surface area contributed by atoms with E-state index in [0.717, 1.165) is 6.42 Å². The molecule has 2 unspecified atom stereocenters. The van der Waals surface area contributed by atoms with Crippen LogP contribution in [-0.2, 0) is 10.2 Å². The number of hydrogen-bond acceptors (Lipinski definition) is 1. The maximum Gasteiger partial charge on any atom is 0.306 e. The van der Waals surface area contributed by atoms with Crippen LogP contribution < -0.4 is 0 Å². The Morgan fingerprint density at radius 3 is 2.40 bits per heavy atom. The molecule has 1 aromatic rings. The third-order valence-corrected chi connectivity index (χ3v) is 3.95. The maximum atomic E-state index is 10.9. The fourth-order valence-corrected chi connectivity index (χ4v) is 2.86. The molecular weight excluding hydrogens is 188 g/mol. The van der Waals surface area contributed by atoms with Crippen molar-refractivity contribution < 1.29 is 9.90 Å². The van der Waals surface area contributed by atoms with Crippen LogP contribution >= 0.6 is 0 Å². The zero-order valence-electron chi connectivity index (χ0n) is 8.52. The number of carbonyl (C=O) groups is 1. The predicted molar refractivity (Wildman–Crippen MR) is 56.6 cm³/mol. The van der Waals surface area contributed by atoms with Gasteiger partial charge in [0.05, 0.1) is 5.92 Å². The topological polar surface area (TPSA) is 37.3 Å². The second-order valence-corrected chi connectivity index (χ2v) is 4.81. The maximum absolute atomic E-state index is 10.9. The molecule has 0 amide bonds. The van der Waals surface area contributed by atoms with Crippen LogP contribution in [0.1, 0.15) is 24.8 Å². The fraction of sp³-hybridized carbons (Fsp3) is 0.462. The Kier molecular flexibility index (Phi) is 1.70. The highest BCUT2D eigenvalue weighted by Gasteiger charge is 2.62. The van der Waals surface area contributed by atoms with Crippen LogP contribution in [0.2, 0.25) is 0 Å². The SMILES string of the molecule is O=C(O)C1CC1C1(c2ccccc2)CC1. The Morgan fingerprint density at radius 2 is 1.93 bits per heavy atom. The van der Waals surface area contributed by atoms with Crippen molar-refractivity contribution in [3.8, 4) is 0 Å². The number of benzene rings is 1. The highest BCUT2D eigenvalue weighted by atomic mass is 16.4. The lowest BCUT2D eigenvalue weighted by molar-refractivity contribution is -0.139. The summed E-state index contributed by atoms with van der Waals surface area (Å²) in [4.78, 5) is 10.9. The van der Waals surface area contributed by atoms with E-state index in [1.165, 1.54) is 18.4 Å². The van der Waals surface area contributed by atoms with Gasteiger partial charge in [-0.2, -0.15) is 0 Å². The third kappa shape index (κ3) is 1.28. The smallest absolute Gasteiger partial charge is 0.306 e. The van der Waals surface area contributed by atoms with Gasteiger partial charge in [0.25, 0.3) is 0 Å². The van der Waals surface area contributed by atoms with Crippen molar-refractivity contribution >= 4 is 5.97 Å². The molecule has 2 saturated carbocycles. The molecule has 2 aliphatic carbocycles. The van der Waals surface area contributed by atoms with Gasteiger partial charge in [0.1, 0.15) is 0 Å². The van der Waals surface area contributed by atoms with E-state index in [1.807, 2.05) is 18.2 Å². The van der Waals surface area contributed by atoms with Crippen LogP contribution in [0.25, 0.3) is 0 Å². The number of hydrogen-bond donors (Lipinski definition) is 1. The monoisotopic (exact) mass is 202 g/mol. The summed E-state index contributed by atoms with van der Waals surface area (Å²) in [7, 11) is 0. The average molecular weight is 202 g/mol. The lowest BCUT2D eigenvalue weighted by Gasteiger charge is -2.14. The Morgan fingerprint density at radius 1 is 1.27 bits per heavy atom. The molecule has 15 heavy (non-hydrogen) atoms. The zero-order chi connectivity index (χ0) is 10.5. The summed E-state index contributed by atoms with van der Waals surface area (Å²) in [5.41, 5.74) is 1.57. The molecule has 0 radical (unpaired) electrons. The molecule has 1 aromatic carbocycles. The molecule has 2 atom stereocenters. The second kappa shape index (κ2) is 2.84. The summed E-state index contributed by atoms with van der Waals surface area (Å²) in [6.07, 6.45) is 3.22. The van der Waals surface area contributed by atoms with Crippen molar-refractivity contribution in [2.45, 2.75) is 24.7 Å². The molecule has 2 aliphatic rings. The lowest BCUT2D eigenvalue weighted by Crippen LogP contribution is -2.13. The van der Waals surface area contributed by atoms with Crippen LogP contribution in [0.5, 0.6) is 0 Å². The van der Waals surface area contributed by atoms with Gasteiger partial charge in [-0.05, 0) is 36.2 Å². The first kappa shape index (κ1) is 8.96. The standard InChI is InChI=1S/C13H14O2/c14-12(15)10-8-11(10)13(6-7-13)9-4-2-1-3-5-9/h1-5,10-11H,6-8H2,(H,14,15). The third-order valence-electron chi connectivity index (χ3n) is 3.95. The Labute approximate surface area is 88.9 Å². The van der Waals surface area contributed by atoms with Gasteiger partial charge in [0.15, 0.2) is 0 Å². The van der Waals surface area contributed by atoms with Gasteiger partial charge in [0, 0.05) is 0 Å². The number of rotatable bonds is 3. The second-order valence-electron chi connectivity index (χ2n) is 4.81. The minimum absolute atomic E-state index is 0.0762. The fourth-order valence-electron chi connectivity index (χ4n) is 2.86. The highest BCUT2D eigenvalue weighted by molar-refractivity contribution is 5.74. The molecule has 1 N–H and O–H groups in total. The summed E-state index contributed by atoms with van der Waals surface area (Å²) in [6, 6.07) is 10.4. The molecule has 0 aromatic heterocycles. The zero-order valence-corrected chi connectivity index (χ0v) is 8.52. The molecule has 0 aliphatic heterocycles. The van der Waals surface area contributed by atoms with Gasteiger partial charge in [-0.1, -0.05) is 30.3 Å². The normalized spacial score (nSPS) is 30.9. The molecule has 0 bridgehead atoms. The van der Waals surface area contributed by atoms with Crippen LogP contribution in [0.15, 0.2) is 30.3 Å². The molecule has 0 saturated heterocycles. The van der Waals surface area contributed by atoms with E-state index >= 15 is 0 Å². The summed E-state index contributed by atoms with van der Waals surface area (Å²) in [5, 5.41) is 8.96. The van der Waals surface area contributed by atoms with Crippen LogP contribution in [-0.4, -0.2) is 11.1 Å². The first-order valence-electron chi connectivity index (χ1n) is 5.52. The van der Waals surface area contributed by atoms with Crippen LogP contribution in [0.3, 0.4) is 0 Å². The van der Waals surface area contributed by atoms with Gasteiger partial charge in [-0.25, -0.2) is 0 Å². The van der Waals surface area contributed by atoms with Crippen molar-refractivity contribution in [1.29, 1.82) is 0 Å². The molecule has 0 spiro atoms. The van der Waals surface area contributed by atoms with E-state index in [0.29, 0.717) is 5.92 Å². The minimum atomic E-state index is -0.609. The van der Waals surface area contributed by atoms with Crippen molar-refractivity contribution in [2.24, 2.45) is 11.8 Å². The Balaban J connectivity index is 1.85. The average Bonchev–Trinajstić information content (AvgIpc) is 3.12. The van der Waals surface area contributed by atoms with E-state index in [1.54, 1.807) is 0 Å². The molecule has 2 fully saturated rings. The molecule has 0 heterocycles. The molecule has 2 heteroatoms. The predicted octanol–water partition coefficient (Wildman–Crippen LogP) is 2.44. The number of carboxylic acid groups (broad SMARTS) is 1. The molecule has 3 rings (SSSR count). The van der Waals surface area contributed by atoms with Gasteiger partial charge in [0.2, 0.25) is 0 Å². The lowest BCUT2D eigenvalue weighted by atomic mass is 9.89. The van der Waals surface area contributed by atoms with Crippen molar-refractivity contribution in [3.05, 3.63) is 35.9 Å².